The van der Waals surface area contributed by atoms with Gasteiger partial charge in [0.2, 0.25) is 0 Å². The second-order valence-corrected chi connectivity index (χ2v) is 14.9. The smallest absolute Gasteiger partial charge is 0.331 e. The fourth-order valence-corrected chi connectivity index (χ4v) is 10.7. The zero-order valence-corrected chi connectivity index (χ0v) is 26.8. The molecule has 0 spiro atoms. The molecule has 0 aliphatic heterocycles. The van der Waals surface area contributed by atoms with Gasteiger partial charge >= 0.3 is 11.9 Å². The van der Waals surface area contributed by atoms with E-state index in [1.54, 1.807) is 12.1 Å². The van der Waals surface area contributed by atoms with Gasteiger partial charge in [0, 0.05) is 23.1 Å². The molecule has 0 radical (unpaired) electrons. The van der Waals surface area contributed by atoms with Gasteiger partial charge in [-0.25, -0.2) is 4.79 Å². The fraction of sp³-hybridized carbons (Fsp3) is 0.714. The van der Waals surface area contributed by atoms with Gasteiger partial charge in [0.15, 0.2) is 0 Å². The number of azide groups is 1. The van der Waals surface area contributed by atoms with Crippen LogP contribution in [0.4, 0.5) is 5.69 Å². The van der Waals surface area contributed by atoms with Gasteiger partial charge in [-0.05, 0) is 121 Å². The molecule has 0 heterocycles. The third-order valence-electron chi connectivity index (χ3n) is 12.9. The summed E-state index contributed by atoms with van der Waals surface area (Å²) in [5.41, 5.74) is 10.5. The molecule has 44 heavy (non-hydrogen) atoms. The van der Waals surface area contributed by atoms with Crippen molar-refractivity contribution < 1.29 is 29.6 Å². The predicted molar refractivity (Wildman–Crippen MR) is 167 cm³/mol. The zero-order chi connectivity index (χ0) is 32.0. The van der Waals surface area contributed by atoms with Crippen LogP contribution in [-0.4, -0.2) is 45.6 Å². The van der Waals surface area contributed by atoms with E-state index in [2.05, 4.69) is 37.7 Å². The maximum atomic E-state index is 12.9. The average Bonchev–Trinajstić information content (AvgIpc) is 3.23. The normalized spacial score (nSPS) is 40.6. The first-order chi connectivity index (χ1) is 20.8. The van der Waals surface area contributed by atoms with E-state index in [9.17, 15) is 24.9 Å². The molecule has 0 aromatic heterocycles. The molecule has 4 fully saturated rings. The number of carbonyl (C=O) groups is 2. The lowest BCUT2D eigenvalue weighted by Gasteiger charge is -2.69. The molecule has 0 amide bonds. The van der Waals surface area contributed by atoms with E-state index in [1.807, 2.05) is 12.1 Å². The van der Waals surface area contributed by atoms with Crippen LogP contribution in [0.3, 0.4) is 0 Å². The summed E-state index contributed by atoms with van der Waals surface area (Å²) in [6, 6.07) is 7.39. The van der Waals surface area contributed by atoms with Crippen molar-refractivity contribution in [2.24, 2.45) is 45.0 Å². The number of carbonyl (C=O) groups excluding carboxylic acids is 1. The average molecular weight is 608 g/mol. The summed E-state index contributed by atoms with van der Waals surface area (Å²) < 4.78 is 5.93. The van der Waals surface area contributed by atoms with Crippen molar-refractivity contribution in [2.75, 3.05) is 0 Å². The highest BCUT2D eigenvalue weighted by Crippen LogP contribution is 2.74. The first kappa shape index (κ1) is 32.5. The number of carboxylic acids is 1. The third kappa shape index (κ3) is 5.35. The van der Waals surface area contributed by atoms with Crippen LogP contribution >= 0.6 is 0 Å². The first-order valence-electron chi connectivity index (χ1n) is 16.4. The van der Waals surface area contributed by atoms with Crippen molar-refractivity contribution in [1.82, 2.24) is 0 Å². The summed E-state index contributed by atoms with van der Waals surface area (Å²) in [6.07, 6.45) is 5.47. The van der Waals surface area contributed by atoms with Gasteiger partial charge in [-0.3, -0.25) is 4.79 Å². The molecule has 3 N–H and O–H groups in total. The topological polar surface area (TPSA) is 153 Å². The summed E-state index contributed by atoms with van der Waals surface area (Å²) in [6.45, 7) is 10.4. The van der Waals surface area contributed by atoms with E-state index in [-0.39, 0.29) is 40.1 Å². The van der Waals surface area contributed by atoms with E-state index in [1.165, 1.54) is 6.92 Å². The fourth-order valence-electron chi connectivity index (χ4n) is 10.7. The quantitative estimate of drug-likeness (QED) is 0.0705. The predicted octanol–water partition coefficient (Wildman–Crippen LogP) is 7.27. The van der Waals surface area contributed by atoms with Crippen molar-refractivity contribution in [3.8, 4) is 0 Å². The Hall–Kier alpha value is -2.87. The molecule has 4 aliphatic carbocycles. The number of unbranched alkanes of at least 4 members (excludes halogenated alkanes) is 1. The van der Waals surface area contributed by atoms with E-state index < -0.39 is 24.1 Å². The van der Waals surface area contributed by atoms with Crippen molar-refractivity contribution >= 4 is 17.6 Å². The molecule has 1 aromatic carbocycles. The minimum Gasteiger partial charge on any atom is -0.478 e. The van der Waals surface area contributed by atoms with E-state index in [4.69, 9.17) is 10.3 Å². The molecular formula is C35H49N3O6. The van der Waals surface area contributed by atoms with Gasteiger partial charge in [0.1, 0.15) is 6.10 Å². The van der Waals surface area contributed by atoms with Crippen LogP contribution in [0.1, 0.15) is 98.0 Å². The Labute approximate surface area is 260 Å². The van der Waals surface area contributed by atoms with E-state index >= 15 is 0 Å². The van der Waals surface area contributed by atoms with Crippen molar-refractivity contribution in [3.63, 3.8) is 0 Å². The Morgan fingerprint density at radius 3 is 2.39 bits per heavy atom. The number of benzene rings is 1. The van der Waals surface area contributed by atoms with Crippen LogP contribution < -0.4 is 0 Å². The number of aliphatic hydroxyl groups excluding tert-OH is 2. The Morgan fingerprint density at radius 2 is 1.75 bits per heavy atom. The molecule has 5 rings (SSSR count). The second-order valence-electron chi connectivity index (χ2n) is 14.9. The lowest BCUT2D eigenvalue weighted by atomic mass is 9.36. The van der Waals surface area contributed by atoms with Crippen molar-refractivity contribution in [3.05, 3.63) is 51.4 Å². The van der Waals surface area contributed by atoms with Crippen LogP contribution in [0.25, 0.3) is 10.4 Å². The number of carboxylic acid groups (broad SMARTS) is 1. The number of nitrogens with zero attached hydrogens (tertiary/aromatic N) is 3. The van der Waals surface area contributed by atoms with Gasteiger partial charge in [0.05, 0.1) is 12.2 Å². The summed E-state index contributed by atoms with van der Waals surface area (Å²) in [5.74, 6) is -1.09. The standard InChI is InChI=1S/C35H49N3O6/c1-20-25-14-17-34(4)31(33(25,3)16-15-27(20)40)28(41)18-26-30(29(44-21(2)39)19-35(26,34)5)24(32(42)43)9-7-6-8-22-10-12-23(13-11-22)37-38-36/h10-13,20,25-29,31,40-41H,6-9,14-19H2,1-5H3,(H,42,43)/b30-24-/t20-,25?,26?,27+,28+,29-,31?,33-,34-,35-/m0/s1. The number of hydrogen-bond acceptors (Lipinski definition) is 6. The van der Waals surface area contributed by atoms with Gasteiger partial charge in [-0.2, -0.15) is 0 Å². The van der Waals surface area contributed by atoms with Gasteiger partial charge in [-0.1, -0.05) is 57.1 Å². The minimum atomic E-state index is -0.979. The van der Waals surface area contributed by atoms with Gasteiger partial charge < -0.3 is 20.1 Å². The molecule has 4 aliphatic rings. The number of hydrogen-bond donors (Lipinski definition) is 3. The number of aryl methyl sites for hydroxylation is 1. The lowest BCUT2D eigenvalue weighted by Crippen LogP contribution is -2.65. The van der Waals surface area contributed by atoms with Crippen molar-refractivity contribution in [2.45, 2.75) is 117 Å². The Morgan fingerprint density at radius 1 is 1.05 bits per heavy atom. The minimum absolute atomic E-state index is 0.0146. The highest BCUT2D eigenvalue weighted by molar-refractivity contribution is 5.88. The number of rotatable bonds is 8. The van der Waals surface area contributed by atoms with Crippen LogP contribution in [0.15, 0.2) is 40.5 Å². The molecule has 10 atom stereocenters. The lowest BCUT2D eigenvalue weighted by molar-refractivity contribution is -0.234. The van der Waals surface area contributed by atoms with E-state index in [0.717, 1.165) is 44.1 Å². The molecule has 1 aromatic rings. The molecule has 9 heteroatoms. The number of esters is 1. The van der Waals surface area contributed by atoms with Crippen LogP contribution in [0.5, 0.6) is 0 Å². The number of aliphatic hydroxyl groups is 2. The monoisotopic (exact) mass is 607 g/mol. The second kappa shape index (κ2) is 12.1. The Bertz CT molecular complexity index is 1350. The molecule has 9 nitrogen and oxygen atoms in total. The molecular weight excluding hydrogens is 558 g/mol. The number of ether oxygens (including phenoxy) is 1. The summed E-state index contributed by atoms with van der Waals surface area (Å²) >= 11 is 0. The summed E-state index contributed by atoms with van der Waals surface area (Å²) in [7, 11) is 0. The maximum absolute atomic E-state index is 12.9. The largest absolute Gasteiger partial charge is 0.478 e. The SMILES string of the molecule is CC(=O)O[C@H]1C[C@@]2(C)C(C[C@@H](O)C3[C@@]4(C)CC[C@@H](O)[C@@H](C)C4CC[C@@]32C)/C1=C(\CCCCc1ccc(N=[N+]=[N-])cc1)C(=O)O. The Balaban J connectivity index is 1.45. The van der Waals surface area contributed by atoms with Crippen molar-refractivity contribution in [1.29, 1.82) is 0 Å². The highest BCUT2D eigenvalue weighted by atomic mass is 16.5. The molecule has 0 saturated heterocycles. The highest BCUT2D eigenvalue weighted by Gasteiger charge is 2.70. The molecule has 240 valence electrons. The van der Waals surface area contributed by atoms with Gasteiger partial charge in [-0.15, -0.1) is 0 Å². The third-order valence-corrected chi connectivity index (χ3v) is 12.9. The molecule has 4 saturated carbocycles. The summed E-state index contributed by atoms with van der Waals surface area (Å²) in [5, 5.41) is 36.9. The van der Waals surface area contributed by atoms with Crippen LogP contribution in [0, 0.1) is 39.9 Å². The Kier molecular flexibility index (Phi) is 8.98. The molecule has 3 unspecified atom stereocenters. The van der Waals surface area contributed by atoms with E-state index in [0.29, 0.717) is 48.4 Å². The van der Waals surface area contributed by atoms with Crippen LogP contribution in [0.2, 0.25) is 0 Å². The number of fused-ring (bicyclic) bond motifs is 5. The maximum Gasteiger partial charge on any atom is 0.331 e. The van der Waals surface area contributed by atoms with Gasteiger partial charge in [0.25, 0.3) is 0 Å². The first-order valence-corrected chi connectivity index (χ1v) is 16.4. The molecule has 0 bridgehead atoms. The number of aliphatic carboxylic acids is 1. The zero-order valence-electron chi connectivity index (χ0n) is 26.8. The van der Waals surface area contributed by atoms with Crippen LogP contribution in [-0.2, 0) is 20.7 Å². The summed E-state index contributed by atoms with van der Waals surface area (Å²) in [4.78, 5) is 28.1.